The zero-order valence-electron chi connectivity index (χ0n) is 15.5. The van der Waals surface area contributed by atoms with E-state index in [0.29, 0.717) is 17.8 Å². The Morgan fingerprint density at radius 1 is 1.15 bits per heavy atom. The van der Waals surface area contributed by atoms with E-state index >= 15 is 0 Å². The van der Waals surface area contributed by atoms with Gasteiger partial charge < -0.3 is 10.2 Å². The summed E-state index contributed by atoms with van der Waals surface area (Å²) in [5, 5.41) is 7.63. The largest absolute Gasteiger partial charge is 0.352 e. The third kappa shape index (κ3) is 5.39. The zero-order chi connectivity index (χ0) is 18.4. The monoisotopic (exact) mass is 385 g/mol. The van der Waals surface area contributed by atoms with Crippen LogP contribution in [0.5, 0.6) is 0 Å². The molecule has 7 heteroatoms. The topological polar surface area (TPSA) is 63.1 Å². The second kappa shape index (κ2) is 9.85. The first kappa shape index (κ1) is 20.6. The SMILES string of the molecule is CN(C)CCCNC(=O)c1cn(-c2ccccc2)nc1-c1cccnc1.Cl. The standard InChI is InChI=1S/C20H23N5O.ClH/c1-24(2)13-7-12-22-20(26)18-15-25(17-9-4-3-5-10-17)23-19(18)16-8-6-11-21-14-16;/h3-6,8-11,14-15H,7,12-13H2,1-2H3,(H,22,26);1H. The number of carbonyl (C=O) groups is 1. The van der Waals surface area contributed by atoms with Crippen molar-refractivity contribution in [3.8, 4) is 16.9 Å². The van der Waals surface area contributed by atoms with Crippen LogP contribution in [0.25, 0.3) is 16.9 Å². The molecule has 0 atom stereocenters. The van der Waals surface area contributed by atoms with Crippen molar-refractivity contribution in [2.24, 2.45) is 0 Å². The number of carbonyl (C=O) groups excluding carboxylic acids is 1. The summed E-state index contributed by atoms with van der Waals surface area (Å²) >= 11 is 0. The molecule has 3 rings (SSSR count). The minimum Gasteiger partial charge on any atom is -0.352 e. The van der Waals surface area contributed by atoms with Crippen molar-refractivity contribution < 1.29 is 4.79 Å². The van der Waals surface area contributed by atoms with Crippen LogP contribution in [0.2, 0.25) is 0 Å². The number of halogens is 1. The summed E-state index contributed by atoms with van der Waals surface area (Å²) in [6.07, 6.45) is 6.10. The lowest BCUT2D eigenvalue weighted by molar-refractivity contribution is 0.0953. The fraction of sp³-hybridized carbons (Fsp3) is 0.250. The molecule has 1 amide bonds. The third-order valence-corrected chi connectivity index (χ3v) is 3.98. The molecule has 0 unspecified atom stereocenters. The van der Waals surface area contributed by atoms with E-state index in [1.807, 2.05) is 56.6 Å². The second-order valence-electron chi connectivity index (χ2n) is 6.33. The van der Waals surface area contributed by atoms with Gasteiger partial charge in [0.15, 0.2) is 0 Å². The van der Waals surface area contributed by atoms with Gasteiger partial charge in [0, 0.05) is 30.7 Å². The number of benzene rings is 1. The van der Waals surface area contributed by atoms with Crippen LogP contribution in [0.1, 0.15) is 16.8 Å². The lowest BCUT2D eigenvalue weighted by Crippen LogP contribution is -2.27. The van der Waals surface area contributed by atoms with Crippen molar-refractivity contribution in [2.45, 2.75) is 6.42 Å². The molecule has 27 heavy (non-hydrogen) atoms. The van der Waals surface area contributed by atoms with Gasteiger partial charge in [0.1, 0.15) is 5.69 Å². The van der Waals surface area contributed by atoms with Gasteiger partial charge in [-0.3, -0.25) is 9.78 Å². The van der Waals surface area contributed by atoms with Crippen LogP contribution in [0.4, 0.5) is 0 Å². The molecule has 0 aliphatic carbocycles. The van der Waals surface area contributed by atoms with Gasteiger partial charge in [-0.25, -0.2) is 4.68 Å². The van der Waals surface area contributed by atoms with E-state index in [2.05, 4.69) is 20.3 Å². The smallest absolute Gasteiger partial charge is 0.255 e. The van der Waals surface area contributed by atoms with E-state index in [1.54, 1.807) is 23.3 Å². The molecule has 0 bridgehead atoms. The van der Waals surface area contributed by atoms with Gasteiger partial charge in [-0.05, 0) is 51.3 Å². The summed E-state index contributed by atoms with van der Waals surface area (Å²) in [6.45, 7) is 1.55. The number of para-hydroxylation sites is 1. The van der Waals surface area contributed by atoms with Crippen LogP contribution >= 0.6 is 12.4 Å². The average molecular weight is 386 g/mol. The summed E-state index contributed by atoms with van der Waals surface area (Å²) in [4.78, 5) is 19.0. The highest BCUT2D eigenvalue weighted by Gasteiger charge is 2.18. The Hall–Kier alpha value is -2.70. The van der Waals surface area contributed by atoms with Crippen LogP contribution in [0, 0.1) is 0 Å². The maximum absolute atomic E-state index is 12.7. The second-order valence-corrected chi connectivity index (χ2v) is 6.33. The molecule has 2 aromatic heterocycles. The van der Waals surface area contributed by atoms with Crippen molar-refractivity contribution in [1.29, 1.82) is 0 Å². The Morgan fingerprint density at radius 3 is 2.59 bits per heavy atom. The average Bonchev–Trinajstić information content (AvgIpc) is 3.12. The number of pyridine rings is 1. The molecule has 6 nitrogen and oxygen atoms in total. The maximum atomic E-state index is 12.7. The molecule has 1 aromatic carbocycles. The van der Waals surface area contributed by atoms with Gasteiger partial charge in [0.2, 0.25) is 0 Å². The number of rotatable bonds is 7. The highest BCUT2D eigenvalue weighted by atomic mass is 35.5. The van der Waals surface area contributed by atoms with Crippen molar-refractivity contribution >= 4 is 18.3 Å². The highest BCUT2D eigenvalue weighted by molar-refractivity contribution is 5.99. The van der Waals surface area contributed by atoms with Crippen LogP contribution in [-0.4, -0.2) is 52.8 Å². The molecular formula is C20H24ClN5O. The van der Waals surface area contributed by atoms with Crippen molar-refractivity contribution in [1.82, 2.24) is 25.0 Å². The fourth-order valence-electron chi connectivity index (χ4n) is 2.66. The molecule has 0 aliphatic heterocycles. The molecule has 0 fully saturated rings. The lowest BCUT2D eigenvalue weighted by Gasteiger charge is -2.09. The molecule has 0 spiro atoms. The Morgan fingerprint density at radius 2 is 1.93 bits per heavy atom. The normalized spacial score (nSPS) is 10.5. The van der Waals surface area contributed by atoms with Gasteiger partial charge in [-0.2, -0.15) is 5.10 Å². The van der Waals surface area contributed by atoms with Crippen molar-refractivity contribution in [3.63, 3.8) is 0 Å². The first-order valence-electron chi connectivity index (χ1n) is 8.63. The van der Waals surface area contributed by atoms with E-state index in [9.17, 15) is 4.79 Å². The molecular weight excluding hydrogens is 362 g/mol. The molecule has 0 saturated heterocycles. The molecule has 0 radical (unpaired) electrons. The van der Waals surface area contributed by atoms with E-state index in [0.717, 1.165) is 24.2 Å². The Balaban J connectivity index is 0.00000261. The first-order valence-corrected chi connectivity index (χ1v) is 8.63. The Bertz CT molecular complexity index is 849. The van der Waals surface area contributed by atoms with Gasteiger partial charge in [-0.15, -0.1) is 12.4 Å². The summed E-state index contributed by atoms with van der Waals surface area (Å²) < 4.78 is 1.73. The summed E-state index contributed by atoms with van der Waals surface area (Å²) in [7, 11) is 4.04. The first-order chi connectivity index (χ1) is 12.6. The van der Waals surface area contributed by atoms with E-state index in [1.165, 1.54) is 0 Å². The van der Waals surface area contributed by atoms with Crippen LogP contribution in [-0.2, 0) is 0 Å². The third-order valence-electron chi connectivity index (χ3n) is 3.98. The molecule has 2 heterocycles. The number of amides is 1. The minimum atomic E-state index is -0.121. The van der Waals surface area contributed by atoms with Crippen LogP contribution in [0.3, 0.4) is 0 Å². The number of hydrogen-bond donors (Lipinski definition) is 1. The number of nitrogens with zero attached hydrogens (tertiary/aromatic N) is 4. The summed E-state index contributed by atoms with van der Waals surface area (Å²) in [6, 6.07) is 13.5. The highest BCUT2D eigenvalue weighted by Crippen LogP contribution is 2.23. The van der Waals surface area contributed by atoms with Crippen molar-refractivity contribution in [2.75, 3.05) is 27.2 Å². The quantitative estimate of drug-likeness (QED) is 0.635. The fourth-order valence-corrected chi connectivity index (χ4v) is 2.66. The number of aromatic nitrogens is 3. The molecule has 3 aromatic rings. The van der Waals surface area contributed by atoms with E-state index in [4.69, 9.17) is 0 Å². The summed E-state index contributed by atoms with van der Waals surface area (Å²) in [5.74, 6) is -0.121. The molecule has 142 valence electrons. The number of nitrogens with one attached hydrogen (secondary N) is 1. The van der Waals surface area contributed by atoms with Crippen LogP contribution < -0.4 is 5.32 Å². The number of hydrogen-bond acceptors (Lipinski definition) is 4. The van der Waals surface area contributed by atoms with E-state index in [-0.39, 0.29) is 18.3 Å². The van der Waals surface area contributed by atoms with E-state index < -0.39 is 0 Å². The maximum Gasteiger partial charge on any atom is 0.255 e. The van der Waals surface area contributed by atoms with Crippen LogP contribution in [0.15, 0.2) is 61.1 Å². The van der Waals surface area contributed by atoms with Gasteiger partial charge in [-0.1, -0.05) is 18.2 Å². The predicted octanol–water partition coefficient (Wildman–Crippen LogP) is 3.04. The molecule has 1 N–H and O–H groups in total. The minimum absolute atomic E-state index is 0. The predicted molar refractivity (Wildman–Crippen MR) is 110 cm³/mol. The summed E-state index contributed by atoms with van der Waals surface area (Å²) in [5.41, 5.74) is 2.91. The Kier molecular flexibility index (Phi) is 7.52. The van der Waals surface area contributed by atoms with Gasteiger partial charge in [0.25, 0.3) is 5.91 Å². The van der Waals surface area contributed by atoms with Crippen molar-refractivity contribution in [3.05, 3.63) is 66.6 Å². The molecule has 0 aliphatic rings. The van der Waals surface area contributed by atoms with Gasteiger partial charge in [0.05, 0.1) is 11.3 Å². The molecule has 0 saturated carbocycles. The lowest BCUT2D eigenvalue weighted by atomic mass is 10.1. The Labute approximate surface area is 165 Å². The van der Waals surface area contributed by atoms with Gasteiger partial charge >= 0.3 is 0 Å². The zero-order valence-corrected chi connectivity index (χ0v) is 16.3.